The van der Waals surface area contributed by atoms with Crippen LogP contribution < -0.4 is 10.6 Å². The van der Waals surface area contributed by atoms with Gasteiger partial charge in [-0.25, -0.2) is 14.5 Å². The Morgan fingerprint density at radius 1 is 1.24 bits per heavy atom. The first kappa shape index (κ1) is 17.4. The van der Waals surface area contributed by atoms with Crippen molar-refractivity contribution in [1.29, 1.82) is 0 Å². The van der Waals surface area contributed by atoms with Crippen LogP contribution in [0.15, 0.2) is 36.8 Å². The molecule has 0 aromatic carbocycles. The Hall–Kier alpha value is -2.45. The molecule has 134 valence electrons. The molecule has 0 saturated carbocycles. The van der Waals surface area contributed by atoms with E-state index in [-0.39, 0.29) is 6.03 Å². The number of pyridine rings is 1. The van der Waals surface area contributed by atoms with Gasteiger partial charge in [0.2, 0.25) is 0 Å². The number of morpholine rings is 1. The summed E-state index contributed by atoms with van der Waals surface area (Å²) in [4.78, 5) is 18.5. The molecule has 1 saturated heterocycles. The minimum absolute atomic E-state index is 0.153. The molecule has 0 spiro atoms. The number of amides is 2. The number of nitrogens with one attached hydrogen (secondary N) is 2. The highest BCUT2D eigenvalue weighted by atomic mass is 16.5. The predicted molar refractivity (Wildman–Crippen MR) is 93.5 cm³/mol. The van der Waals surface area contributed by atoms with Crippen LogP contribution in [0.4, 0.5) is 4.79 Å². The Bertz CT molecular complexity index is 655. The van der Waals surface area contributed by atoms with Gasteiger partial charge in [0, 0.05) is 44.8 Å². The van der Waals surface area contributed by atoms with Crippen molar-refractivity contribution in [1.82, 2.24) is 30.3 Å². The van der Waals surface area contributed by atoms with Gasteiger partial charge in [-0.1, -0.05) is 0 Å². The monoisotopic (exact) mass is 344 g/mol. The van der Waals surface area contributed by atoms with Crippen LogP contribution in [0.1, 0.15) is 12.0 Å². The summed E-state index contributed by atoms with van der Waals surface area (Å²) in [5.74, 6) is 0.732. The molecule has 3 heterocycles. The van der Waals surface area contributed by atoms with Crippen molar-refractivity contribution in [3.8, 4) is 5.82 Å². The van der Waals surface area contributed by atoms with E-state index in [9.17, 15) is 4.79 Å². The van der Waals surface area contributed by atoms with Crippen LogP contribution in [0.25, 0.3) is 5.82 Å². The third-order valence-electron chi connectivity index (χ3n) is 4.04. The number of rotatable bonds is 7. The molecular formula is C17H24N6O2. The highest BCUT2D eigenvalue weighted by Gasteiger charge is 2.09. The third-order valence-corrected chi connectivity index (χ3v) is 4.04. The van der Waals surface area contributed by atoms with Gasteiger partial charge < -0.3 is 15.4 Å². The van der Waals surface area contributed by atoms with E-state index in [1.54, 1.807) is 17.1 Å². The van der Waals surface area contributed by atoms with E-state index in [0.717, 1.165) is 50.7 Å². The van der Waals surface area contributed by atoms with Gasteiger partial charge in [0.15, 0.2) is 5.82 Å². The number of ether oxygens (including phenoxy) is 1. The van der Waals surface area contributed by atoms with E-state index >= 15 is 0 Å². The van der Waals surface area contributed by atoms with Crippen LogP contribution in [0.5, 0.6) is 0 Å². The Labute approximate surface area is 147 Å². The minimum Gasteiger partial charge on any atom is -0.379 e. The van der Waals surface area contributed by atoms with E-state index in [1.807, 2.05) is 24.4 Å². The molecule has 2 amide bonds. The first-order chi connectivity index (χ1) is 12.3. The molecule has 8 nitrogen and oxygen atoms in total. The molecule has 2 aromatic heterocycles. The van der Waals surface area contributed by atoms with Crippen molar-refractivity contribution in [3.63, 3.8) is 0 Å². The second-order valence-electron chi connectivity index (χ2n) is 5.89. The van der Waals surface area contributed by atoms with Gasteiger partial charge in [0.05, 0.1) is 13.2 Å². The van der Waals surface area contributed by atoms with Gasteiger partial charge in [-0.2, -0.15) is 5.10 Å². The van der Waals surface area contributed by atoms with Crippen molar-refractivity contribution in [3.05, 3.63) is 42.4 Å². The number of hydrogen-bond donors (Lipinski definition) is 2. The lowest BCUT2D eigenvalue weighted by molar-refractivity contribution is 0.0375. The predicted octanol–water partition coefficient (Wildman–Crippen LogP) is 0.789. The van der Waals surface area contributed by atoms with Gasteiger partial charge in [-0.05, 0) is 36.7 Å². The number of nitrogens with zero attached hydrogens (tertiary/aromatic N) is 4. The fraction of sp³-hybridized carbons (Fsp3) is 0.471. The second-order valence-corrected chi connectivity index (χ2v) is 5.89. The summed E-state index contributed by atoms with van der Waals surface area (Å²) in [6.45, 7) is 5.67. The summed E-state index contributed by atoms with van der Waals surface area (Å²) < 4.78 is 7.01. The van der Waals surface area contributed by atoms with Crippen molar-refractivity contribution < 1.29 is 9.53 Å². The summed E-state index contributed by atoms with van der Waals surface area (Å²) in [6.07, 6.45) is 6.19. The van der Waals surface area contributed by atoms with E-state index in [1.165, 1.54) is 0 Å². The summed E-state index contributed by atoms with van der Waals surface area (Å²) in [5.41, 5.74) is 0.976. The van der Waals surface area contributed by atoms with Gasteiger partial charge in [-0.3, -0.25) is 4.90 Å². The van der Waals surface area contributed by atoms with E-state index in [2.05, 4.69) is 25.6 Å². The quantitative estimate of drug-likeness (QED) is 0.726. The molecule has 0 aliphatic carbocycles. The molecule has 2 N–H and O–H groups in total. The maximum atomic E-state index is 11.9. The molecule has 0 atom stereocenters. The molecule has 8 heteroatoms. The number of aromatic nitrogens is 3. The first-order valence-corrected chi connectivity index (χ1v) is 8.58. The van der Waals surface area contributed by atoms with Crippen molar-refractivity contribution in [2.75, 3.05) is 39.4 Å². The summed E-state index contributed by atoms with van der Waals surface area (Å²) in [5, 5.41) is 9.92. The number of hydrogen-bond acceptors (Lipinski definition) is 5. The average Bonchev–Trinajstić information content (AvgIpc) is 3.19. The topological polar surface area (TPSA) is 84.3 Å². The van der Waals surface area contributed by atoms with Gasteiger partial charge in [0.25, 0.3) is 0 Å². The van der Waals surface area contributed by atoms with E-state index in [0.29, 0.717) is 13.1 Å². The number of urea groups is 1. The van der Waals surface area contributed by atoms with Crippen LogP contribution in [-0.4, -0.2) is 65.1 Å². The maximum absolute atomic E-state index is 11.9. The zero-order valence-corrected chi connectivity index (χ0v) is 14.2. The smallest absolute Gasteiger partial charge is 0.315 e. The summed E-state index contributed by atoms with van der Waals surface area (Å²) >= 11 is 0. The fourth-order valence-corrected chi connectivity index (χ4v) is 2.67. The number of carbonyl (C=O) groups is 1. The molecule has 2 aromatic rings. The summed E-state index contributed by atoms with van der Waals surface area (Å²) in [7, 11) is 0. The zero-order valence-electron chi connectivity index (χ0n) is 14.2. The highest BCUT2D eigenvalue weighted by molar-refractivity contribution is 5.73. The second kappa shape index (κ2) is 9.14. The molecule has 0 bridgehead atoms. The van der Waals surface area contributed by atoms with Crippen LogP contribution in [0, 0.1) is 0 Å². The Kier molecular flexibility index (Phi) is 6.35. The van der Waals surface area contributed by atoms with Crippen LogP contribution in [0.3, 0.4) is 0 Å². The van der Waals surface area contributed by atoms with Crippen molar-refractivity contribution in [2.45, 2.75) is 13.0 Å². The van der Waals surface area contributed by atoms with Gasteiger partial charge >= 0.3 is 6.03 Å². The normalized spacial score (nSPS) is 15.0. The standard InChI is InChI=1S/C17H24N6O2/c24-17(19-4-1-7-22-9-11-25-12-10-22)20-14-15-3-6-18-16(13-15)23-8-2-5-21-23/h2-3,5-6,8,13H,1,4,7,9-12,14H2,(H2,19,20,24). The molecule has 0 radical (unpaired) electrons. The summed E-state index contributed by atoms with van der Waals surface area (Å²) in [6, 6.07) is 5.48. The Balaban J connectivity index is 1.35. The Morgan fingerprint density at radius 3 is 2.92 bits per heavy atom. The Morgan fingerprint density at radius 2 is 2.12 bits per heavy atom. The van der Waals surface area contributed by atoms with Crippen molar-refractivity contribution >= 4 is 6.03 Å². The van der Waals surface area contributed by atoms with E-state index in [4.69, 9.17) is 4.74 Å². The third kappa shape index (κ3) is 5.54. The SMILES string of the molecule is O=C(NCCCN1CCOCC1)NCc1ccnc(-n2cccn2)c1. The molecule has 0 unspecified atom stereocenters. The zero-order chi connectivity index (χ0) is 17.3. The van der Waals surface area contributed by atoms with E-state index < -0.39 is 0 Å². The molecule has 25 heavy (non-hydrogen) atoms. The maximum Gasteiger partial charge on any atom is 0.315 e. The van der Waals surface area contributed by atoms with Crippen LogP contribution in [0.2, 0.25) is 0 Å². The molecule has 3 rings (SSSR count). The highest BCUT2D eigenvalue weighted by Crippen LogP contribution is 2.05. The number of carbonyl (C=O) groups excluding carboxylic acids is 1. The molecular weight excluding hydrogens is 320 g/mol. The largest absolute Gasteiger partial charge is 0.379 e. The van der Waals surface area contributed by atoms with Crippen molar-refractivity contribution in [2.24, 2.45) is 0 Å². The van der Waals surface area contributed by atoms with Crippen LogP contribution >= 0.6 is 0 Å². The van der Waals surface area contributed by atoms with Gasteiger partial charge in [0.1, 0.15) is 0 Å². The molecule has 1 aliphatic heterocycles. The minimum atomic E-state index is -0.153. The average molecular weight is 344 g/mol. The molecule has 1 aliphatic rings. The fourth-order valence-electron chi connectivity index (χ4n) is 2.67. The first-order valence-electron chi connectivity index (χ1n) is 8.58. The molecule has 1 fully saturated rings. The lowest BCUT2D eigenvalue weighted by atomic mass is 10.2. The lowest BCUT2D eigenvalue weighted by Crippen LogP contribution is -2.39. The lowest BCUT2D eigenvalue weighted by Gasteiger charge is -2.26. The van der Waals surface area contributed by atoms with Gasteiger partial charge in [-0.15, -0.1) is 0 Å². The van der Waals surface area contributed by atoms with Crippen LogP contribution in [-0.2, 0) is 11.3 Å².